The second kappa shape index (κ2) is 2.18. The van der Waals surface area contributed by atoms with E-state index in [1.165, 1.54) is 0 Å². The van der Waals surface area contributed by atoms with Gasteiger partial charge in [0.25, 0.3) is 0 Å². The van der Waals surface area contributed by atoms with E-state index in [1.807, 2.05) is 0 Å². The molecule has 0 spiro atoms. The zero-order valence-corrected chi connectivity index (χ0v) is 3.56. The van der Waals surface area contributed by atoms with Crippen molar-refractivity contribution in [2.24, 2.45) is 5.73 Å². The molecule has 0 aliphatic heterocycles. The Morgan fingerprint density at radius 1 is 1.80 bits per heavy atom. The highest BCUT2D eigenvalue weighted by Gasteiger charge is 1.78. The van der Waals surface area contributed by atoms with E-state index in [2.05, 4.69) is 4.74 Å². The van der Waals surface area contributed by atoms with E-state index in [9.17, 15) is 0 Å². The molecule has 0 heterocycles. The maximum Gasteiger partial charge on any atom is 0.102 e. The largest absolute Gasteiger partial charge is 0.367 e. The summed E-state index contributed by atoms with van der Waals surface area (Å²) >= 11 is 0. The number of methoxy groups -OCH3 is 1. The average molecular weight is 75.1 g/mol. The van der Waals surface area contributed by atoms with Gasteiger partial charge in [0.05, 0.1) is 0 Å². The average Bonchev–Trinajstić information content (AvgIpc) is 1.38. The first-order valence-corrected chi connectivity index (χ1v) is 1.55. The van der Waals surface area contributed by atoms with Crippen LogP contribution in [0.25, 0.3) is 0 Å². The standard InChI is InChI=1S/C3H9NO/c1-3(4)5-2/h3H,4H2,1-2H3/t3-/m1/s1. The van der Waals surface area contributed by atoms with Gasteiger partial charge in [0, 0.05) is 7.11 Å². The summed E-state index contributed by atoms with van der Waals surface area (Å²) in [6, 6.07) is 0. The fraction of sp³-hybridized carbons (Fsp3) is 1.00. The SMILES string of the molecule is CO[C@H](C)N. The van der Waals surface area contributed by atoms with Crippen LogP contribution in [0.4, 0.5) is 0 Å². The Hall–Kier alpha value is -0.0800. The quantitative estimate of drug-likeness (QED) is 0.443. The van der Waals surface area contributed by atoms with Crippen LogP contribution in [-0.4, -0.2) is 13.3 Å². The molecule has 1 atom stereocenters. The molecule has 0 aromatic carbocycles. The fourth-order valence-electron chi connectivity index (χ4n) is 0. The van der Waals surface area contributed by atoms with Crippen LogP contribution in [0.2, 0.25) is 0 Å². The molecule has 2 heteroatoms. The summed E-state index contributed by atoms with van der Waals surface area (Å²) in [6.45, 7) is 1.78. The minimum atomic E-state index is -0.116. The number of hydrogen-bond donors (Lipinski definition) is 1. The van der Waals surface area contributed by atoms with E-state index in [0.717, 1.165) is 0 Å². The molecule has 0 aliphatic carbocycles. The van der Waals surface area contributed by atoms with E-state index in [4.69, 9.17) is 5.73 Å². The van der Waals surface area contributed by atoms with Crippen LogP contribution in [-0.2, 0) is 4.74 Å². The topological polar surface area (TPSA) is 35.2 Å². The van der Waals surface area contributed by atoms with E-state index < -0.39 is 0 Å². The van der Waals surface area contributed by atoms with Gasteiger partial charge in [-0.25, -0.2) is 0 Å². The highest BCUT2D eigenvalue weighted by atomic mass is 16.5. The molecule has 2 nitrogen and oxygen atoms in total. The predicted molar refractivity (Wildman–Crippen MR) is 20.7 cm³/mol. The summed E-state index contributed by atoms with van der Waals surface area (Å²) in [6.07, 6.45) is -0.116. The minimum absolute atomic E-state index is 0.116. The molecule has 0 amide bonds. The third-order valence-electron chi connectivity index (χ3n) is 0.372. The Kier molecular flexibility index (Phi) is 2.14. The van der Waals surface area contributed by atoms with Gasteiger partial charge in [-0.05, 0) is 6.92 Å². The Bertz CT molecular complexity index is 20.9. The molecule has 32 valence electrons. The summed E-state index contributed by atoms with van der Waals surface area (Å²) in [7, 11) is 1.57. The van der Waals surface area contributed by atoms with Crippen molar-refractivity contribution < 1.29 is 4.74 Å². The smallest absolute Gasteiger partial charge is 0.102 e. The van der Waals surface area contributed by atoms with Gasteiger partial charge in [-0.15, -0.1) is 0 Å². The first-order valence-electron chi connectivity index (χ1n) is 1.55. The zero-order valence-electron chi connectivity index (χ0n) is 3.56. The van der Waals surface area contributed by atoms with E-state index >= 15 is 0 Å². The first kappa shape index (κ1) is 4.92. The van der Waals surface area contributed by atoms with Crippen molar-refractivity contribution in [3.8, 4) is 0 Å². The van der Waals surface area contributed by atoms with Crippen molar-refractivity contribution in [3.63, 3.8) is 0 Å². The Morgan fingerprint density at radius 3 is 2.00 bits per heavy atom. The van der Waals surface area contributed by atoms with Crippen molar-refractivity contribution in [3.05, 3.63) is 0 Å². The lowest BCUT2D eigenvalue weighted by Crippen LogP contribution is -2.15. The molecule has 0 rings (SSSR count). The predicted octanol–water partition coefficient (Wildman–Crippen LogP) is -0.0625. The second-order valence-corrected chi connectivity index (χ2v) is 0.941. The van der Waals surface area contributed by atoms with Crippen LogP contribution in [0.1, 0.15) is 6.92 Å². The van der Waals surface area contributed by atoms with Crippen LogP contribution in [0.5, 0.6) is 0 Å². The Morgan fingerprint density at radius 2 is 2.00 bits per heavy atom. The molecular formula is C3H9NO. The lowest BCUT2D eigenvalue weighted by molar-refractivity contribution is 0.124. The lowest BCUT2D eigenvalue weighted by Gasteiger charge is -1.95. The second-order valence-electron chi connectivity index (χ2n) is 0.941. The molecule has 0 aliphatic rings. The summed E-state index contributed by atoms with van der Waals surface area (Å²) in [5.41, 5.74) is 5.07. The van der Waals surface area contributed by atoms with Crippen molar-refractivity contribution in [1.29, 1.82) is 0 Å². The summed E-state index contributed by atoms with van der Waals surface area (Å²) in [5, 5.41) is 0. The third-order valence-corrected chi connectivity index (χ3v) is 0.372. The lowest BCUT2D eigenvalue weighted by atomic mass is 10.7. The van der Waals surface area contributed by atoms with Crippen molar-refractivity contribution in [1.82, 2.24) is 0 Å². The maximum absolute atomic E-state index is 5.07. The molecule has 0 aromatic heterocycles. The Balaban J connectivity index is 2.54. The number of nitrogens with two attached hydrogens (primary N) is 1. The monoisotopic (exact) mass is 75.1 g/mol. The molecule has 0 unspecified atom stereocenters. The highest BCUT2D eigenvalue weighted by molar-refractivity contribution is 4.23. The van der Waals surface area contributed by atoms with Gasteiger partial charge >= 0.3 is 0 Å². The molecule has 2 N–H and O–H groups in total. The highest BCUT2D eigenvalue weighted by Crippen LogP contribution is 1.66. The molecule has 0 saturated heterocycles. The summed E-state index contributed by atoms with van der Waals surface area (Å²) in [4.78, 5) is 0. The number of hydrogen-bond acceptors (Lipinski definition) is 2. The molecule has 0 saturated carbocycles. The Labute approximate surface area is 31.9 Å². The number of ether oxygens (including phenoxy) is 1. The molecule has 0 aromatic rings. The molecule has 0 fully saturated rings. The molecular weight excluding hydrogens is 66.0 g/mol. The zero-order chi connectivity index (χ0) is 4.28. The van der Waals surface area contributed by atoms with Crippen LogP contribution in [0.15, 0.2) is 0 Å². The van der Waals surface area contributed by atoms with Crippen LogP contribution < -0.4 is 5.73 Å². The summed E-state index contributed by atoms with van der Waals surface area (Å²) in [5.74, 6) is 0. The van der Waals surface area contributed by atoms with Gasteiger partial charge in [-0.1, -0.05) is 0 Å². The van der Waals surface area contributed by atoms with Crippen molar-refractivity contribution in [2.45, 2.75) is 13.2 Å². The molecule has 0 bridgehead atoms. The summed E-state index contributed by atoms with van der Waals surface area (Å²) < 4.78 is 4.53. The van der Waals surface area contributed by atoms with E-state index in [1.54, 1.807) is 14.0 Å². The molecule has 0 radical (unpaired) electrons. The van der Waals surface area contributed by atoms with E-state index in [-0.39, 0.29) is 6.23 Å². The van der Waals surface area contributed by atoms with Crippen LogP contribution in [0.3, 0.4) is 0 Å². The maximum atomic E-state index is 5.07. The van der Waals surface area contributed by atoms with Gasteiger partial charge in [0.15, 0.2) is 0 Å². The normalized spacial score (nSPS) is 15.0. The first-order chi connectivity index (χ1) is 2.27. The van der Waals surface area contributed by atoms with Gasteiger partial charge in [-0.2, -0.15) is 0 Å². The van der Waals surface area contributed by atoms with Gasteiger partial charge in [0.2, 0.25) is 0 Å². The fourth-order valence-corrected chi connectivity index (χ4v) is 0. The van der Waals surface area contributed by atoms with Crippen LogP contribution in [0, 0.1) is 0 Å². The molecule has 5 heavy (non-hydrogen) atoms. The van der Waals surface area contributed by atoms with Gasteiger partial charge in [0.1, 0.15) is 6.23 Å². The van der Waals surface area contributed by atoms with Crippen LogP contribution >= 0.6 is 0 Å². The third kappa shape index (κ3) is 3.92. The van der Waals surface area contributed by atoms with Crippen molar-refractivity contribution in [2.75, 3.05) is 7.11 Å². The minimum Gasteiger partial charge on any atom is -0.367 e. The van der Waals surface area contributed by atoms with E-state index in [0.29, 0.717) is 0 Å². The van der Waals surface area contributed by atoms with Gasteiger partial charge < -0.3 is 10.5 Å². The van der Waals surface area contributed by atoms with Crippen molar-refractivity contribution >= 4 is 0 Å². The number of rotatable bonds is 1. The van der Waals surface area contributed by atoms with Gasteiger partial charge in [-0.3, -0.25) is 0 Å².